The number of nitrogens with one attached hydrogen (secondary N) is 3. The molecule has 0 saturated heterocycles. The summed E-state index contributed by atoms with van der Waals surface area (Å²) in [6.45, 7) is 3.58. The average Bonchev–Trinajstić information content (AvgIpc) is 3.19. The van der Waals surface area contributed by atoms with Gasteiger partial charge in [0, 0.05) is 24.8 Å². The van der Waals surface area contributed by atoms with Gasteiger partial charge in [-0.15, -0.1) is 11.8 Å². The summed E-state index contributed by atoms with van der Waals surface area (Å²) in [4.78, 5) is 28.9. The van der Waals surface area contributed by atoms with Crippen molar-refractivity contribution in [2.24, 2.45) is 0 Å². The molecule has 1 heterocycles. The van der Waals surface area contributed by atoms with E-state index in [1.165, 1.54) is 42.1 Å². The smallest absolute Gasteiger partial charge is 0.266 e. The molecule has 5 N–H and O–H groups in total. The molecule has 0 unspecified atom stereocenters. The Hall–Kier alpha value is -3.83. The Bertz CT molecular complexity index is 1870. The molecule has 13 nitrogen and oxygen atoms in total. The molecule has 16 heteroatoms. The third-order valence-electron chi connectivity index (χ3n) is 8.53. The van der Waals surface area contributed by atoms with Crippen LogP contribution in [0, 0.1) is 0 Å². The summed E-state index contributed by atoms with van der Waals surface area (Å²) in [6.07, 6.45) is 6.63. The minimum atomic E-state index is -4.34. The highest BCUT2D eigenvalue weighted by Crippen LogP contribution is 2.44. The maximum absolute atomic E-state index is 14.3. The summed E-state index contributed by atoms with van der Waals surface area (Å²) in [5.41, 5.74) is 0.878. The number of rotatable bonds is 17. The van der Waals surface area contributed by atoms with Gasteiger partial charge in [-0.2, -0.15) is 8.42 Å². The van der Waals surface area contributed by atoms with Gasteiger partial charge in [-0.3, -0.25) is 14.1 Å². The lowest BCUT2D eigenvalue weighted by atomic mass is 9.87. The molecule has 0 aliphatic carbocycles. The molecule has 1 aliphatic heterocycles. The third kappa shape index (κ3) is 10.8. The van der Waals surface area contributed by atoms with Gasteiger partial charge in [0.25, 0.3) is 16.0 Å². The van der Waals surface area contributed by atoms with Gasteiger partial charge in [-0.05, 0) is 55.0 Å². The van der Waals surface area contributed by atoms with E-state index in [2.05, 4.69) is 29.2 Å². The van der Waals surface area contributed by atoms with Gasteiger partial charge in [0.2, 0.25) is 15.9 Å². The Morgan fingerprint density at radius 3 is 2.27 bits per heavy atom. The minimum absolute atomic E-state index is 0.00890. The maximum atomic E-state index is 14.3. The number of nitrogens with zero attached hydrogens (tertiary/aromatic N) is 1. The number of hydrogen-bond donors (Lipinski definition) is 5. The number of benzene rings is 3. The van der Waals surface area contributed by atoms with Gasteiger partial charge in [0.1, 0.15) is 22.4 Å². The second-order valence-electron chi connectivity index (χ2n) is 12.4. The highest BCUT2D eigenvalue weighted by Gasteiger charge is 2.42. The first kappa shape index (κ1) is 39.9. The topological polar surface area (TPSA) is 191 Å². The van der Waals surface area contributed by atoms with Crippen LogP contribution in [0.5, 0.6) is 11.5 Å². The molecule has 0 aromatic heterocycles. The predicted molar refractivity (Wildman–Crippen MR) is 198 cm³/mol. The Morgan fingerprint density at radius 2 is 1.69 bits per heavy atom. The fourth-order valence-corrected chi connectivity index (χ4v) is 8.53. The van der Waals surface area contributed by atoms with Crippen molar-refractivity contribution in [1.82, 2.24) is 15.4 Å². The molecular formula is C35H46N4O9S3. The van der Waals surface area contributed by atoms with Crippen LogP contribution < -0.4 is 25.0 Å². The van der Waals surface area contributed by atoms with Crippen molar-refractivity contribution in [2.75, 3.05) is 36.6 Å². The molecule has 1 atom stereocenters. The number of amides is 2. The molecule has 51 heavy (non-hydrogen) atoms. The van der Waals surface area contributed by atoms with Gasteiger partial charge < -0.3 is 25.4 Å². The molecule has 0 radical (unpaired) electrons. The molecule has 278 valence electrons. The third-order valence-corrected chi connectivity index (χ3v) is 11.6. The summed E-state index contributed by atoms with van der Waals surface area (Å²) < 4.78 is 68.9. The standard InChI is InChI=1S/C35H46N4O9S3/c1-4-6-17-35(18-7-5-2)24-39(26-11-9-8-10-12-26)28-21-30(49-3)29(22-31(28)51(46,47)38-35)48-23-32(41)37-33(25-13-15-27(40)16-14-25)34(42)36-19-20-50(43,44)45/h8-16,21-22,33,38,40H,4-7,17-20,23-24H2,1-3H3,(H,36,42)(H,37,41)(H,43,44,45)/t33-/m1/s1. The van der Waals surface area contributed by atoms with Crippen LogP contribution in [0.1, 0.15) is 64.0 Å². The highest BCUT2D eigenvalue weighted by molar-refractivity contribution is 7.98. The lowest BCUT2D eigenvalue weighted by molar-refractivity contribution is -0.130. The SMILES string of the molecule is CCCCC1(CCCC)CN(c2ccccc2)c2cc(SC)c(OCC(=O)N[C@@H](C(=O)NCCS(=O)(=O)O)c3ccc(O)cc3)cc2S(=O)(=O)N1. The number of thioether (sulfide) groups is 1. The van der Waals surface area contributed by atoms with Gasteiger partial charge in [0.05, 0.1) is 21.9 Å². The van der Waals surface area contributed by atoms with E-state index in [0.29, 0.717) is 30.0 Å². The van der Waals surface area contributed by atoms with E-state index in [0.717, 1.165) is 31.4 Å². The second kappa shape index (κ2) is 17.6. The van der Waals surface area contributed by atoms with E-state index in [1.54, 1.807) is 6.07 Å². The number of unbranched alkanes of at least 4 members (excludes halogenated alkanes) is 2. The summed E-state index contributed by atoms with van der Waals surface area (Å²) >= 11 is 1.32. The fraction of sp³-hybridized carbons (Fsp3) is 0.429. The number of aromatic hydroxyl groups is 1. The molecule has 3 aromatic rings. The number of para-hydroxylation sites is 1. The number of anilines is 2. The van der Waals surface area contributed by atoms with Crippen LogP contribution in [0.25, 0.3) is 0 Å². The lowest BCUT2D eigenvalue weighted by Crippen LogP contribution is -2.53. The number of ether oxygens (including phenoxy) is 1. The van der Waals surface area contributed by atoms with Crippen molar-refractivity contribution in [3.8, 4) is 11.5 Å². The molecule has 0 saturated carbocycles. The summed E-state index contributed by atoms with van der Waals surface area (Å²) in [5, 5.41) is 14.6. The van der Waals surface area contributed by atoms with E-state index >= 15 is 0 Å². The zero-order valence-electron chi connectivity index (χ0n) is 28.9. The van der Waals surface area contributed by atoms with Crippen LogP contribution in [-0.2, 0) is 29.7 Å². The maximum Gasteiger partial charge on any atom is 0.266 e. The number of carbonyl (C=O) groups excluding carboxylic acids is 2. The van der Waals surface area contributed by atoms with E-state index in [9.17, 15) is 31.5 Å². The van der Waals surface area contributed by atoms with Gasteiger partial charge in [0.15, 0.2) is 6.61 Å². The molecule has 3 aromatic carbocycles. The minimum Gasteiger partial charge on any atom is -0.508 e. The molecule has 2 amide bonds. The van der Waals surface area contributed by atoms with Crippen LogP contribution in [0.15, 0.2) is 76.5 Å². The first-order valence-electron chi connectivity index (χ1n) is 16.7. The zero-order valence-corrected chi connectivity index (χ0v) is 31.4. The van der Waals surface area contributed by atoms with Gasteiger partial charge >= 0.3 is 0 Å². The Kier molecular flexibility index (Phi) is 13.8. The van der Waals surface area contributed by atoms with Crippen LogP contribution in [0.4, 0.5) is 11.4 Å². The second-order valence-corrected chi connectivity index (χ2v) is 16.5. The van der Waals surface area contributed by atoms with E-state index < -0.39 is 62.4 Å². The van der Waals surface area contributed by atoms with Crippen molar-refractivity contribution in [1.29, 1.82) is 0 Å². The largest absolute Gasteiger partial charge is 0.508 e. The first-order chi connectivity index (χ1) is 24.2. The van der Waals surface area contributed by atoms with Crippen LogP contribution in [0.2, 0.25) is 0 Å². The molecular weight excluding hydrogens is 717 g/mol. The lowest BCUT2D eigenvalue weighted by Gasteiger charge is -2.37. The van der Waals surface area contributed by atoms with Crippen LogP contribution >= 0.6 is 11.8 Å². The normalized spacial score (nSPS) is 15.6. The van der Waals surface area contributed by atoms with E-state index in [-0.39, 0.29) is 22.0 Å². The molecule has 0 fully saturated rings. The number of carbonyl (C=O) groups is 2. The molecule has 0 bridgehead atoms. The fourth-order valence-electron chi connectivity index (χ4n) is 5.96. The van der Waals surface area contributed by atoms with Crippen molar-refractivity contribution in [2.45, 2.75) is 73.7 Å². The molecule has 0 spiro atoms. The zero-order chi connectivity index (χ0) is 37.2. The van der Waals surface area contributed by atoms with E-state index in [4.69, 9.17) is 9.29 Å². The number of fused-ring (bicyclic) bond motifs is 1. The van der Waals surface area contributed by atoms with Crippen LogP contribution in [0.3, 0.4) is 0 Å². The first-order valence-corrected chi connectivity index (χ1v) is 21.0. The molecule has 1 aliphatic rings. The summed E-state index contributed by atoms with van der Waals surface area (Å²) in [7, 11) is -8.42. The highest BCUT2D eigenvalue weighted by atomic mass is 32.2. The van der Waals surface area contributed by atoms with E-state index in [1.807, 2.05) is 41.5 Å². The van der Waals surface area contributed by atoms with Gasteiger partial charge in [-0.1, -0.05) is 69.9 Å². The predicted octanol–water partition coefficient (Wildman–Crippen LogP) is 4.90. The summed E-state index contributed by atoms with van der Waals surface area (Å²) in [6, 6.07) is 17.0. The Morgan fingerprint density at radius 1 is 1.04 bits per heavy atom. The monoisotopic (exact) mass is 762 g/mol. The van der Waals surface area contributed by atoms with Crippen molar-refractivity contribution < 1.29 is 40.8 Å². The van der Waals surface area contributed by atoms with Gasteiger partial charge in [-0.25, -0.2) is 13.1 Å². The van der Waals surface area contributed by atoms with Crippen LogP contribution in [-0.4, -0.2) is 75.6 Å². The molecule has 4 rings (SSSR count). The quantitative estimate of drug-likeness (QED) is 0.0929. The van der Waals surface area contributed by atoms with Crippen molar-refractivity contribution >= 4 is 55.1 Å². The number of sulfonamides is 1. The van der Waals surface area contributed by atoms with Crippen molar-refractivity contribution in [3.05, 3.63) is 72.3 Å². The summed E-state index contributed by atoms with van der Waals surface area (Å²) in [5.74, 6) is -2.14. The Balaban J connectivity index is 1.66. The average molecular weight is 763 g/mol. The van der Waals surface area contributed by atoms with Crippen molar-refractivity contribution in [3.63, 3.8) is 0 Å². The number of phenols is 1. The Labute approximate surface area is 304 Å². The number of hydrogen-bond acceptors (Lipinski definition) is 10. The number of phenolic OH excluding ortho intramolecular Hbond substituents is 1.